The molecule has 0 radical (unpaired) electrons. The number of nitrogens with zero attached hydrogens (tertiary/aromatic N) is 3. The number of halogens is 1. The van der Waals surface area contributed by atoms with E-state index in [1.54, 1.807) is 24.4 Å². The third-order valence-electron chi connectivity index (χ3n) is 6.24. The molecule has 4 rings (SSSR count). The van der Waals surface area contributed by atoms with Crippen molar-refractivity contribution in [1.29, 1.82) is 5.26 Å². The summed E-state index contributed by atoms with van der Waals surface area (Å²) in [7, 11) is 0. The van der Waals surface area contributed by atoms with E-state index < -0.39 is 0 Å². The maximum absolute atomic E-state index is 12.6. The van der Waals surface area contributed by atoms with Crippen LogP contribution in [0.25, 0.3) is 0 Å². The van der Waals surface area contributed by atoms with E-state index in [2.05, 4.69) is 21.3 Å². The third-order valence-corrected chi connectivity index (χ3v) is 6.55. The maximum atomic E-state index is 12.6. The zero-order chi connectivity index (χ0) is 22.1. The molecule has 2 fully saturated rings. The molecule has 2 atom stereocenters. The number of fused-ring (bicyclic) bond motifs is 2. The van der Waals surface area contributed by atoms with Crippen LogP contribution in [0.15, 0.2) is 30.5 Å². The van der Waals surface area contributed by atoms with Crippen LogP contribution in [0, 0.1) is 24.2 Å². The number of nitrogens with one attached hydrogen (secondary N) is 1. The number of nitriles is 1. The number of rotatable bonds is 5. The average Bonchev–Trinajstić information content (AvgIpc) is 3.01. The Bertz CT molecular complexity index is 1020. The van der Waals surface area contributed by atoms with Gasteiger partial charge in [0.15, 0.2) is 0 Å². The summed E-state index contributed by atoms with van der Waals surface area (Å²) in [5.41, 5.74) is 2.99. The van der Waals surface area contributed by atoms with Crippen molar-refractivity contribution in [3.63, 3.8) is 0 Å². The summed E-state index contributed by atoms with van der Waals surface area (Å²) in [6.07, 6.45) is 5.55. The van der Waals surface area contributed by atoms with Crippen LogP contribution >= 0.6 is 11.6 Å². The van der Waals surface area contributed by atoms with Crippen molar-refractivity contribution in [1.82, 2.24) is 9.88 Å². The zero-order valence-electron chi connectivity index (χ0n) is 18.1. The molecule has 1 N–H and O–H groups in total. The SMILES string of the molecule is Cc1c(Nc2ccc(C#N)cc2Cl)ccnc1OC1CC2CCC(C1)N2C(=O)C(C)C. The molecule has 0 saturated carbocycles. The highest BCUT2D eigenvalue weighted by Crippen LogP contribution is 2.39. The van der Waals surface area contributed by atoms with Crippen LogP contribution in [0.3, 0.4) is 0 Å². The van der Waals surface area contributed by atoms with Crippen molar-refractivity contribution in [2.45, 2.75) is 64.6 Å². The summed E-state index contributed by atoms with van der Waals surface area (Å²) in [6, 6.07) is 9.65. The van der Waals surface area contributed by atoms with Crippen molar-refractivity contribution in [2.24, 2.45) is 5.92 Å². The number of anilines is 2. The smallest absolute Gasteiger partial charge is 0.225 e. The summed E-state index contributed by atoms with van der Waals surface area (Å²) in [5, 5.41) is 12.8. The predicted molar refractivity (Wildman–Crippen MR) is 121 cm³/mol. The molecule has 162 valence electrons. The lowest BCUT2D eigenvalue weighted by Gasteiger charge is -2.39. The standard InChI is InChI=1S/C24H27ClN4O2/c1-14(2)24(30)29-17-5-6-18(29)12-19(11-17)31-23-15(3)21(8-9-27-23)28-22-7-4-16(13-26)10-20(22)25/h4,7-10,14,17-19H,5-6,11-12H2,1-3H3,(H,27,28). The van der Waals surface area contributed by atoms with Crippen LogP contribution in [0.4, 0.5) is 11.4 Å². The van der Waals surface area contributed by atoms with Crippen LogP contribution in [0.5, 0.6) is 5.88 Å². The molecule has 2 unspecified atom stereocenters. The molecular weight excluding hydrogens is 412 g/mol. The summed E-state index contributed by atoms with van der Waals surface area (Å²) >= 11 is 6.31. The van der Waals surface area contributed by atoms with Crippen LogP contribution in [0.1, 0.15) is 50.7 Å². The van der Waals surface area contributed by atoms with Crippen molar-refractivity contribution in [2.75, 3.05) is 5.32 Å². The normalized spacial score (nSPS) is 22.3. The monoisotopic (exact) mass is 438 g/mol. The van der Waals surface area contributed by atoms with E-state index in [9.17, 15) is 4.79 Å². The fourth-order valence-electron chi connectivity index (χ4n) is 4.64. The summed E-state index contributed by atoms with van der Waals surface area (Å²) in [6.45, 7) is 5.90. The molecule has 6 nitrogen and oxygen atoms in total. The van der Waals surface area contributed by atoms with Crippen molar-refractivity contribution < 1.29 is 9.53 Å². The number of hydrogen-bond donors (Lipinski definition) is 1. The topological polar surface area (TPSA) is 78.2 Å². The highest BCUT2D eigenvalue weighted by Gasteiger charge is 2.44. The van der Waals surface area contributed by atoms with Crippen LogP contribution in [-0.2, 0) is 4.79 Å². The first kappa shape index (κ1) is 21.5. The minimum Gasteiger partial charge on any atom is -0.474 e. The third kappa shape index (κ3) is 4.33. The van der Waals surface area contributed by atoms with Gasteiger partial charge >= 0.3 is 0 Å². The maximum Gasteiger partial charge on any atom is 0.225 e. The second-order valence-electron chi connectivity index (χ2n) is 8.72. The highest BCUT2D eigenvalue weighted by atomic mass is 35.5. The molecule has 1 aromatic carbocycles. The second-order valence-corrected chi connectivity index (χ2v) is 9.12. The Hall–Kier alpha value is -2.78. The average molecular weight is 439 g/mol. The first-order valence-corrected chi connectivity index (χ1v) is 11.2. The Labute approximate surface area is 188 Å². The first-order chi connectivity index (χ1) is 14.9. The fourth-order valence-corrected chi connectivity index (χ4v) is 4.87. The van der Waals surface area contributed by atoms with Gasteiger partial charge in [-0.3, -0.25) is 4.79 Å². The van der Waals surface area contributed by atoms with Crippen LogP contribution in [0.2, 0.25) is 5.02 Å². The number of amides is 1. The number of carbonyl (C=O) groups excluding carboxylic acids is 1. The second kappa shape index (κ2) is 8.76. The van der Waals surface area contributed by atoms with Gasteiger partial charge in [0, 0.05) is 48.3 Å². The molecule has 0 aliphatic carbocycles. The highest BCUT2D eigenvalue weighted by molar-refractivity contribution is 6.33. The molecule has 7 heteroatoms. The van der Waals surface area contributed by atoms with Crippen molar-refractivity contribution in [3.05, 3.63) is 46.6 Å². The first-order valence-electron chi connectivity index (χ1n) is 10.8. The van der Waals surface area contributed by atoms with Gasteiger partial charge in [0.05, 0.1) is 22.3 Å². The van der Waals surface area contributed by atoms with Crippen molar-refractivity contribution >= 4 is 28.9 Å². The summed E-state index contributed by atoms with van der Waals surface area (Å²) in [5.74, 6) is 0.884. The van der Waals surface area contributed by atoms with E-state index >= 15 is 0 Å². The largest absolute Gasteiger partial charge is 0.474 e. The van der Waals surface area contributed by atoms with Gasteiger partial charge < -0.3 is 15.0 Å². The number of carbonyl (C=O) groups is 1. The molecule has 1 aromatic heterocycles. The number of piperidine rings is 1. The minimum atomic E-state index is 0.0290. The lowest BCUT2D eigenvalue weighted by molar-refractivity contribution is -0.140. The van der Waals surface area contributed by atoms with Gasteiger partial charge in [-0.25, -0.2) is 4.98 Å². The van der Waals surface area contributed by atoms with Gasteiger partial charge in [-0.2, -0.15) is 5.26 Å². The van der Waals surface area contributed by atoms with E-state index in [1.807, 2.05) is 26.8 Å². The van der Waals surface area contributed by atoms with Gasteiger partial charge in [0.25, 0.3) is 0 Å². The molecule has 1 amide bonds. The van der Waals surface area contributed by atoms with Gasteiger partial charge in [-0.05, 0) is 44.0 Å². The lowest BCUT2D eigenvalue weighted by atomic mass is 9.98. The number of hydrogen-bond acceptors (Lipinski definition) is 5. The Morgan fingerprint density at radius 3 is 2.58 bits per heavy atom. The van der Waals surface area contributed by atoms with Crippen LogP contribution in [-0.4, -0.2) is 34.0 Å². The molecule has 3 heterocycles. The van der Waals surface area contributed by atoms with E-state index in [0.717, 1.165) is 42.6 Å². The van der Waals surface area contributed by atoms with E-state index in [-0.39, 0.29) is 30.0 Å². The molecule has 0 spiro atoms. The molecule has 2 saturated heterocycles. The molecule has 2 aliphatic heterocycles. The van der Waals surface area contributed by atoms with Crippen LogP contribution < -0.4 is 10.1 Å². The number of pyridine rings is 1. The minimum absolute atomic E-state index is 0.0290. The zero-order valence-corrected chi connectivity index (χ0v) is 18.8. The lowest BCUT2D eigenvalue weighted by Crippen LogP contribution is -2.50. The Balaban J connectivity index is 1.47. The van der Waals surface area contributed by atoms with E-state index in [4.69, 9.17) is 21.6 Å². The summed E-state index contributed by atoms with van der Waals surface area (Å²) < 4.78 is 6.34. The van der Waals surface area contributed by atoms with Crippen molar-refractivity contribution in [3.8, 4) is 11.9 Å². The molecule has 2 bridgehead atoms. The summed E-state index contributed by atoms with van der Waals surface area (Å²) in [4.78, 5) is 19.2. The molecule has 31 heavy (non-hydrogen) atoms. The van der Waals surface area contributed by atoms with E-state index in [1.165, 1.54) is 0 Å². The van der Waals surface area contributed by atoms with Gasteiger partial charge in [-0.1, -0.05) is 25.4 Å². The van der Waals surface area contributed by atoms with E-state index in [0.29, 0.717) is 16.5 Å². The fraction of sp³-hybridized carbons (Fsp3) is 0.458. The number of aromatic nitrogens is 1. The van der Waals surface area contributed by atoms with Gasteiger partial charge in [0.2, 0.25) is 11.8 Å². The molecular formula is C24H27ClN4O2. The Morgan fingerprint density at radius 2 is 1.97 bits per heavy atom. The van der Waals surface area contributed by atoms with Gasteiger partial charge in [0.1, 0.15) is 6.10 Å². The number of benzene rings is 1. The molecule has 2 aliphatic rings. The number of ether oxygens (including phenoxy) is 1. The Kier molecular flexibility index (Phi) is 6.06. The van der Waals surface area contributed by atoms with Gasteiger partial charge in [-0.15, -0.1) is 0 Å². The predicted octanol–water partition coefficient (Wildman–Crippen LogP) is 5.22. The Morgan fingerprint density at radius 1 is 1.26 bits per heavy atom. The molecule has 2 aromatic rings. The quantitative estimate of drug-likeness (QED) is 0.692.